The van der Waals surface area contributed by atoms with Crippen molar-refractivity contribution in [2.45, 2.75) is 32.2 Å². The highest BCUT2D eigenvalue weighted by Gasteiger charge is 2.06. The van der Waals surface area contributed by atoms with Crippen molar-refractivity contribution in [3.63, 3.8) is 0 Å². The molecule has 0 aliphatic rings. The molecule has 0 aromatic heterocycles. The van der Waals surface area contributed by atoms with Gasteiger partial charge in [-0.15, -0.1) is 0 Å². The third-order valence-corrected chi connectivity index (χ3v) is 2.26. The summed E-state index contributed by atoms with van der Waals surface area (Å²) in [6.07, 6.45) is 1.11. The number of carboxylic acids is 1. The van der Waals surface area contributed by atoms with Crippen LogP contribution in [-0.4, -0.2) is 49.8 Å². The van der Waals surface area contributed by atoms with Gasteiger partial charge < -0.3 is 20.5 Å². The first kappa shape index (κ1) is 15.9. The van der Waals surface area contributed by atoms with Crippen LogP contribution in [0.1, 0.15) is 26.2 Å². The normalized spacial score (nSPS) is 12.1. The Kier molecular flexibility index (Phi) is 9.37. The van der Waals surface area contributed by atoms with Crippen LogP contribution in [0.5, 0.6) is 0 Å². The molecule has 0 radical (unpaired) electrons. The highest BCUT2D eigenvalue weighted by Crippen LogP contribution is 1.96. The molecule has 0 saturated heterocycles. The van der Waals surface area contributed by atoms with E-state index < -0.39 is 5.97 Å². The molecule has 0 aromatic rings. The van der Waals surface area contributed by atoms with Gasteiger partial charge in [-0.2, -0.15) is 0 Å². The van der Waals surface area contributed by atoms with E-state index in [4.69, 9.17) is 9.84 Å². The summed E-state index contributed by atoms with van der Waals surface area (Å²) in [6.45, 7) is 3.49. The van der Waals surface area contributed by atoms with Crippen LogP contribution in [0, 0.1) is 0 Å². The number of rotatable bonds is 10. The Labute approximate surface area is 102 Å². The zero-order valence-corrected chi connectivity index (χ0v) is 10.5. The Morgan fingerprint density at radius 3 is 2.59 bits per heavy atom. The molecule has 0 rings (SSSR count). The second-order valence-electron chi connectivity index (χ2n) is 3.88. The number of carboxylic acid groups (broad SMARTS) is 1. The van der Waals surface area contributed by atoms with Crippen molar-refractivity contribution in [3.8, 4) is 0 Å². The van der Waals surface area contributed by atoms with Gasteiger partial charge in [-0.1, -0.05) is 0 Å². The number of carbonyl (C=O) groups excluding carboxylic acids is 1. The Morgan fingerprint density at radius 1 is 1.29 bits per heavy atom. The molecule has 1 amide bonds. The van der Waals surface area contributed by atoms with E-state index in [0.29, 0.717) is 32.5 Å². The Morgan fingerprint density at radius 2 is 2.00 bits per heavy atom. The number of aliphatic carboxylic acids is 1. The number of ether oxygens (including phenoxy) is 1. The average Bonchev–Trinajstić information content (AvgIpc) is 2.27. The van der Waals surface area contributed by atoms with Gasteiger partial charge in [0.2, 0.25) is 5.91 Å². The summed E-state index contributed by atoms with van der Waals surface area (Å²) < 4.78 is 4.80. The van der Waals surface area contributed by atoms with Crippen LogP contribution in [0.2, 0.25) is 0 Å². The highest BCUT2D eigenvalue weighted by atomic mass is 16.5. The fourth-order valence-corrected chi connectivity index (χ4v) is 1.26. The predicted molar refractivity (Wildman–Crippen MR) is 63.8 cm³/mol. The van der Waals surface area contributed by atoms with E-state index in [1.54, 1.807) is 7.11 Å². The molecule has 6 nitrogen and oxygen atoms in total. The third-order valence-electron chi connectivity index (χ3n) is 2.26. The molecule has 3 N–H and O–H groups in total. The lowest BCUT2D eigenvalue weighted by atomic mass is 10.2. The first-order chi connectivity index (χ1) is 8.06. The number of hydrogen-bond donors (Lipinski definition) is 3. The van der Waals surface area contributed by atoms with Gasteiger partial charge in [0, 0.05) is 39.1 Å². The summed E-state index contributed by atoms with van der Waals surface area (Å²) in [5.41, 5.74) is 0. The first-order valence-corrected chi connectivity index (χ1v) is 5.77. The van der Waals surface area contributed by atoms with E-state index in [1.165, 1.54) is 0 Å². The molecule has 17 heavy (non-hydrogen) atoms. The molecule has 0 spiro atoms. The van der Waals surface area contributed by atoms with Gasteiger partial charge in [0.05, 0.1) is 6.61 Å². The SMILES string of the molecule is COCCNC(=O)CCNC(C)CCC(=O)O. The Balaban J connectivity index is 3.42. The van der Waals surface area contributed by atoms with Crippen molar-refractivity contribution in [2.75, 3.05) is 26.8 Å². The number of carbonyl (C=O) groups is 2. The van der Waals surface area contributed by atoms with Crippen molar-refractivity contribution in [1.29, 1.82) is 0 Å². The minimum absolute atomic E-state index is 0.0278. The van der Waals surface area contributed by atoms with Crippen molar-refractivity contribution < 1.29 is 19.4 Å². The fraction of sp³-hybridized carbons (Fsp3) is 0.818. The smallest absolute Gasteiger partial charge is 0.303 e. The van der Waals surface area contributed by atoms with Crippen molar-refractivity contribution in [3.05, 3.63) is 0 Å². The van der Waals surface area contributed by atoms with Crippen molar-refractivity contribution in [1.82, 2.24) is 10.6 Å². The molecule has 0 saturated carbocycles. The maximum Gasteiger partial charge on any atom is 0.303 e. The first-order valence-electron chi connectivity index (χ1n) is 5.77. The highest BCUT2D eigenvalue weighted by molar-refractivity contribution is 5.76. The standard InChI is InChI=1S/C11H22N2O4/c1-9(3-4-11(15)16)12-6-5-10(14)13-7-8-17-2/h9,12H,3-8H2,1-2H3,(H,13,14)(H,15,16). The summed E-state index contributed by atoms with van der Waals surface area (Å²) in [7, 11) is 1.58. The molecule has 0 aliphatic carbocycles. The summed E-state index contributed by atoms with van der Waals surface area (Å²) in [4.78, 5) is 21.6. The van der Waals surface area contributed by atoms with Crippen LogP contribution in [0.15, 0.2) is 0 Å². The number of methoxy groups -OCH3 is 1. The summed E-state index contributed by atoms with van der Waals surface area (Å²) in [6, 6.07) is 0.109. The van der Waals surface area contributed by atoms with E-state index in [9.17, 15) is 9.59 Å². The van der Waals surface area contributed by atoms with Crippen LogP contribution in [-0.2, 0) is 14.3 Å². The topological polar surface area (TPSA) is 87.7 Å². The number of amides is 1. The van der Waals surface area contributed by atoms with Gasteiger partial charge in [-0.3, -0.25) is 9.59 Å². The van der Waals surface area contributed by atoms with Crippen molar-refractivity contribution in [2.24, 2.45) is 0 Å². The second-order valence-corrected chi connectivity index (χ2v) is 3.88. The van der Waals surface area contributed by atoms with Gasteiger partial charge >= 0.3 is 5.97 Å². The largest absolute Gasteiger partial charge is 0.481 e. The van der Waals surface area contributed by atoms with Crippen LogP contribution in [0.4, 0.5) is 0 Å². The minimum Gasteiger partial charge on any atom is -0.481 e. The van der Waals surface area contributed by atoms with E-state index in [-0.39, 0.29) is 18.4 Å². The zero-order chi connectivity index (χ0) is 13.1. The Bertz CT molecular complexity index is 234. The van der Waals surface area contributed by atoms with Crippen LogP contribution in [0.25, 0.3) is 0 Å². The molecule has 0 fully saturated rings. The lowest BCUT2D eigenvalue weighted by molar-refractivity contribution is -0.137. The Hall–Kier alpha value is -1.14. The van der Waals surface area contributed by atoms with Crippen molar-refractivity contribution >= 4 is 11.9 Å². The molecular weight excluding hydrogens is 224 g/mol. The van der Waals surface area contributed by atoms with E-state index in [0.717, 1.165) is 0 Å². The lowest BCUT2D eigenvalue weighted by Crippen LogP contribution is -2.33. The van der Waals surface area contributed by atoms with Crippen LogP contribution in [0.3, 0.4) is 0 Å². The van der Waals surface area contributed by atoms with E-state index in [1.807, 2.05) is 6.92 Å². The average molecular weight is 246 g/mol. The molecule has 0 heterocycles. The van der Waals surface area contributed by atoms with Gasteiger partial charge in [0.1, 0.15) is 0 Å². The maximum atomic E-state index is 11.3. The molecule has 1 unspecified atom stereocenters. The summed E-state index contributed by atoms with van der Waals surface area (Å²) >= 11 is 0. The lowest BCUT2D eigenvalue weighted by Gasteiger charge is -2.12. The maximum absolute atomic E-state index is 11.3. The molecule has 1 atom stereocenters. The minimum atomic E-state index is -0.795. The zero-order valence-electron chi connectivity index (χ0n) is 10.5. The number of nitrogens with one attached hydrogen (secondary N) is 2. The van der Waals surface area contributed by atoms with E-state index >= 15 is 0 Å². The molecular formula is C11H22N2O4. The molecule has 6 heteroatoms. The van der Waals surface area contributed by atoms with Gasteiger partial charge in [0.25, 0.3) is 0 Å². The molecule has 0 bridgehead atoms. The van der Waals surface area contributed by atoms with Gasteiger partial charge in [-0.25, -0.2) is 0 Å². The van der Waals surface area contributed by atoms with Crippen LogP contribution < -0.4 is 10.6 Å². The number of hydrogen-bond acceptors (Lipinski definition) is 4. The van der Waals surface area contributed by atoms with Gasteiger partial charge in [0.15, 0.2) is 0 Å². The second kappa shape index (κ2) is 10.0. The monoisotopic (exact) mass is 246 g/mol. The third kappa shape index (κ3) is 11.1. The molecule has 100 valence electrons. The van der Waals surface area contributed by atoms with E-state index in [2.05, 4.69) is 10.6 Å². The van der Waals surface area contributed by atoms with Crippen LogP contribution >= 0.6 is 0 Å². The molecule has 0 aromatic carbocycles. The van der Waals surface area contributed by atoms with Gasteiger partial charge in [-0.05, 0) is 13.3 Å². The quantitative estimate of drug-likeness (QED) is 0.472. The fourth-order valence-electron chi connectivity index (χ4n) is 1.26. The molecule has 0 aliphatic heterocycles. The summed E-state index contributed by atoms with van der Waals surface area (Å²) in [5, 5.41) is 14.3. The predicted octanol–water partition coefficient (Wildman–Crippen LogP) is -0.0180. The summed E-state index contributed by atoms with van der Waals surface area (Å²) in [5.74, 6) is -0.823.